The Hall–Kier alpha value is -1.54. The number of aromatic nitrogens is 2. The predicted molar refractivity (Wildman–Crippen MR) is 105 cm³/mol. The molecule has 1 unspecified atom stereocenters. The molecule has 0 saturated carbocycles. The fourth-order valence-corrected chi connectivity index (χ4v) is 2.94. The fourth-order valence-electron chi connectivity index (χ4n) is 2.30. The van der Waals surface area contributed by atoms with Crippen LogP contribution in [0.5, 0.6) is 0 Å². The van der Waals surface area contributed by atoms with Crippen molar-refractivity contribution in [1.82, 2.24) is 9.97 Å². The van der Waals surface area contributed by atoms with Crippen molar-refractivity contribution >= 4 is 35.2 Å². The van der Waals surface area contributed by atoms with Crippen LogP contribution in [-0.2, 0) is 4.74 Å². The van der Waals surface area contributed by atoms with Crippen molar-refractivity contribution in [3.8, 4) is 11.3 Å². The molecule has 8 heteroatoms. The number of hydrogen-bond acceptors (Lipinski definition) is 7. The van der Waals surface area contributed by atoms with E-state index in [1.165, 1.54) is 18.1 Å². The second-order valence-corrected chi connectivity index (χ2v) is 6.65. The molecule has 25 heavy (non-hydrogen) atoms. The Morgan fingerprint density at radius 1 is 1.44 bits per heavy atom. The lowest BCUT2D eigenvalue weighted by Gasteiger charge is -2.15. The predicted octanol–water partition coefficient (Wildman–Crippen LogP) is 3.54. The Labute approximate surface area is 157 Å². The summed E-state index contributed by atoms with van der Waals surface area (Å²) in [6, 6.07) is 5.98. The lowest BCUT2D eigenvalue weighted by molar-refractivity contribution is -0.00535. The molecule has 0 radical (unpaired) electrons. The number of ether oxygens (including phenoxy) is 1. The summed E-state index contributed by atoms with van der Waals surface area (Å²) in [5.41, 5.74) is 9.34. The van der Waals surface area contributed by atoms with Gasteiger partial charge in [-0.1, -0.05) is 35.7 Å². The van der Waals surface area contributed by atoms with Crippen molar-refractivity contribution in [2.75, 3.05) is 29.9 Å². The zero-order valence-corrected chi connectivity index (χ0v) is 15.9. The first-order valence-electron chi connectivity index (χ1n) is 7.95. The van der Waals surface area contributed by atoms with Crippen molar-refractivity contribution in [3.63, 3.8) is 0 Å². The van der Waals surface area contributed by atoms with Gasteiger partial charge in [0.05, 0.1) is 29.6 Å². The highest BCUT2D eigenvalue weighted by molar-refractivity contribution is 7.99. The zero-order valence-electron chi connectivity index (χ0n) is 14.3. The second-order valence-electron chi connectivity index (χ2n) is 5.63. The number of aliphatic hydroxyl groups excluding tert-OH is 1. The van der Waals surface area contributed by atoms with Crippen LogP contribution >= 0.6 is 23.5 Å². The van der Waals surface area contributed by atoms with Crippen molar-refractivity contribution in [3.05, 3.63) is 35.0 Å². The molecule has 136 valence electrons. The maximum absolute atomic E-state index is 8.78. The quantitative estimate of drug-likeness (QED) is 0.699. The number of halogens is 1. The van der Waals surface area contributed by atoms with E-state index in [2.05, 4.69) is 14.7 Å². The Morgan fingerprint density at radius 3 is 2.84 bits per heavy atom. The van der Waals surface area contributed by atoms with Crippen molar-refractivity contribution in [2.24, 2.45) is 0 Å². The highest BCUT2D eigenvalue weighted by Crippen LogP contribution is 2.30. The first-order chi connectivity index (χ1) is 12.0. The van der Waals surface area contributed by atoms with Gasteiger partial charge < -0.3 is 20.3 Å². The first-order valence-corrected chi connectivity index (χ1v) is 9.55. The summed E-state index contributed by atoms with van der Waals surface area (Å²) in [4.78, 5) is 8.03. The molecule has 2 aromatic rings. The van der Waals surface area contributed by atoms with Gasteiger partial charge >= 0.3 is 0 Å². The summed E-state index contributed by atoms with van der Waals surface area (Å²) in [5.74, 6) is 0.217. The van der Waals surface area contributed by atoms with Crippen LogP contribution in [0.1, 0.15) is 18.4 Å². The number of hydrogen-bond donors (Lipinski definition) is 3. The molecule has 0 amide bonds. The highest BCUT2D eigenvalue weighted by Gasteiger charge is 2.09. The summed E-state index contributed by atoms with van der Waals surface area (Å²) in [5, 5.41) is 9.27. The third-order valence-corrected chi connectivity index (χ3v) is 4.32. The number of aryl methyl sites for hydroxylation is 1. The molecule has 1 fully saturated rings. The van der Waals surface area contributed by atoms with Crippen LogP contribution < -0.4 is 10.5 Å². The average molecular weight is 383 g/mol. The molecular weight excluding hydrogens is 360 g/mol. The van der Waals surface area contributed by atoms with E-state index in [9.17, 15) is 0 Å². The summed E-state index contributed by atoms with van der Waals surface area (Å²) >= 11 is 7.63. The molecule has 6 nitrogen and oxygen atoms in total. The van der Waals surface area contributed by atoms with Crippen LogP contribution in [0.3, 0.4) is 0 Å². The molecule has 4 N–H and O–H groups in total. The molecule has 1 aromatic heterocycles. The molecule has 3 rings (SSSR count). The van der Waals surface area contributed by atoms with Crippen LogP contribution in [-0.4, -0.2) is 40.6 Å². The third-order valence-electron chi connectivity index (χ3n) is 3.62. The van der Waals surface area contributed by atoms with Crippen LogP contribution in [0.15, 0.2) is 24.4 Å². The van der Waals surface area contributed by atoms with E-state index >= 15 is 0 Å². The van der Waals surface area contributed by atoms with Crippen LogP contribution in [0.2, 0.25) is 5.02 Å². The van der Waals surface area contributed by atoms with Crippen molar-refractivity contribution < 1.29 is 9.84 Å². The lowest BCUT2D eigenvalue weighted by Crippen LogP contribution is -2.21. The van der Waals surface area contributed by atoms with E-state index in [1.54, 1.807) is 0 Å². The molecule has 0 bridgehead atoms. The lowest BCUT2D eigenvalue weighted by atomic mass is 10.1. The standard InChI is InChI=1S/C12H13ClN4S.C5H10O2/c1-7-3-4-8(5-10(7)17-18-2)11-9(13)6-15-12(14)16-11;6-5-2-1-3-7-4-5/h3-6,17H,1-2H3,(H2,14,15,16);5-6H,1-4H2. The molecule has 1 aromatic carbocycles. The number of rotatable bonds is 3. The number of nitrogens with two attached hydrogens (primary N) is 1. The number of nitrogens with one attached hydrogen (secondary N) is 1. The molecule has 1 saturated heterocycles. The summed E-state index contributed by atoms with van der Waals surface area (Å²) in [6.45, 7) is 3.41. The van der Waals surface area contributed by atoms with Crippen molar-refractivity contribution in [1.29, 1.82) is 0 Å². The van der Waals surface area contributed by atoms with E-state index in [0.717, 1.165) is 36.3 Å². The number of nitrogen functional groups attached to an aromatic ring is 1. The third kappa shape index (κ3) is 6.04. The Kier molecular flexibility index (Phi) is 7.77. The number of anilines is 2. The topological polar surface area (TPSA) is 93.3 Å². The smallest absolute Gasteiger partial charge is 0.220 e. The van der Waals surface area contributed by atoms with E-state index in [1.807, 2.05) is 31.4 Å². The largest absolute Gasteiger partial charge is 0.391 e. The number of aliphatic hydroxyl groups is 1. The van der Waals surface area contributed by atoms with E-state index < -0.39 is 0 Å². The van der Waals surface area contributed by atoms with E-state index in [-0.39, 0.29) is 12.1 Å². The molecule has 1 aliphatic rings. The summed E-state index contributed by atoms with van der Waals surface area (Å²) < 4.78 is 8.15. The van der Waals surface area contributed by atoms with Crippen LogP contribution in [0, 0.1) is 6.92 Å². The zero-order chi connectivity index (χ0) is 18.2. The van der Waals surface area contributed by atoms with Gasteiger partial charge in [-0.05, 0) is 31.4 Å². The Balaban J connectivity index is 0.000000269. The van der Waals surface area contributed by atoms with Gasteiger partial charge in [0.1, 0.15) is 0 Å². The van der Waals surface area contributed by atoms with E-state index in [4.69, 9.17) is 27.2 Å². The van der Waals surface area contributed by atoms with Crippen LogP contribution in [0.4, 0.5) is 11.6 Å². The minimum atomic E-state index is -0.186. The van der Waals surface area contributed by atoms with Gasteiger partial charge in [-0.3, -0.25) is 0 Å². The van der Waals surface area contributed by atoms with Gasteiger partial charge in [0.2, 0.25) is 5.95 Å². The molecule has 0 spiro atoms. The summed E-state index contributed by atoms with van der Waals surface area (Å²) in [6.07, 6.45) is 5.23. The molecule has 0 aliphatic carbocycles. The SMILES string of the molecule is CSNc1cc(-c2nc(N)ncc2Cl)ccc1C.OC1CCCOC1. The number of benzene rings is 1. The van der Waals surface area contributed by atoms with Gasteiger partial charge in [-0.15, -0.1) is 0 Å². The maximum atomic E-state index is 8.78. The Bertz CT molecular complexity index is 696. The normalized spacial score (nSPS) is 16.7. The molecular formula is C17H23ClN4O2S. The molecule has 1 atom stereocenters. The first kappa shape index (κ1) is 19.8. The average Bonchev–Trinajstić information content (AvgIpc) is 2.60. The van der Waals surface area contributed by atoms with Gasteiger partial charge in [0, 0.05) is 24.1 Å². The number of nitrogens with zero attached hydrogens (tertiary/aromatic N) is 2. The van der Waals surface area contributed by atoms with Gasteiger partial charge in [-0.2, -0.15) is 0 Å². The van der Waals surface area contributed by atoms with E-state index in [0.29, 0.717) is 17.3 Å². The highest BCUT2D eigenvalue weighted by atomic mass is 35.5. The monoisotopic (exact) mass is 382 g/mol. The van der Waals surface area contributed by atoms with Gasteiger partial charge in [-0.25, -0.2) is 9.97 Å². The minimum Gasteiger partial charge on any atom is -0.391 e. The Morgan fingerprint density at radius 2 is 2.24 bits per heavy atom. The second kappa shape index (κ2) is 9.82. The van der Waals surface area contributed by atoms with Crippen LogP contribution in [0.25, 0.3) is 11.3 Å². The van der Waals surface area contributed by atoms with Gasteiger partial charge in [0.25, 0.3) is 0 Å². The maximum Gasteiger partial charge on any atom is 0.220 e. The fraction of sp³-hybridized carbons (Fsp3) is 0.412. The summed E-state index contributed by atoms with van der Waals surface area (Å²) in [7, 11) is 0. The van der Waals surface area contributed by atoms with Crippen molar-refractivity contribution in [2.45, 2.75) is 25.9 Å². The minimum absolute atomic E-state index is 0.186. The molecule has 1 aliphatic heterocycles. The molecule has 2 heterocycles. The van der Waals surface area contributed by atoms with Gasteiger partial charge in [0.15, 0.2) is 0 Å².